The molecule has 0 aliphatic heterocycles. The van der Waals surface area contributed by atoms with E-state index in [1.807, 2.05) is 13.8 Å². The van der Waals surface area contributed by atoms with Crippen LogP contribution in [-0.2, 0) is 19.6 Å². The van der Waals surface area contributed by atoms with E-state index in [1.54, 1.807) is 0 Å². The fourth-order valence-corrected chi connectivity index (χ4v) is 2.52. The summed E-state index contributed by atoms with van der Waals surface area (Å²) in [5.41, 5.74) is 5.64. The minimum absolute atomic E-state index is 0.267. The highest BCUT2D eigenvalue weighted by Crippen LogP contribution is 2.15. The number of alkyl halides is 1. The molecule has 0 saturated carbocycles. The zero-order valence-corrected chi connectivity index (χ0v) is 13.1. The third kappa shape index (κ3) is 2.57. The molecule has 0 bridgehead atoms. The molecule has 2 rings (SSSR count). The number of halogens is 1. The van der Waals surface area contributed by atoms with E-state index >= 15 is 0 Å². The van der Waals surface area contributed by atoms with Gasteiger partial charge >= 0.3 is 5.69 Å². The summed E-state index contributed by atoms with van der Waals surface area (Å²) in [6.45, 7) is 5.07. The molecule has 2 heterocycles. The van der Waals surface area contributed by atoms with E-state index in [0.717, 1.165) is 12.8 Å². The van der Waals surface area contributed by atoms with E-state index in [2.05, 4.69) is 5.10 Å². The highest BCUT2D eigenvalue weighted by atomic mass is 35.5. The molecule has 21 heavy (non-hydrogen) atoms. The third-order valence-corrected chi connectivity index (χ3v) is 3.67. The van der Waals surface area contributed by atoms with Crippen molar-refractivity contribution < 1.29 is 0 Å². The van der Waals surface area contributed by atoms with Crippen molar-refractivity contribution in [3.8, 4) is 0 Å². The fraction of sp³-hybridized carbons (Fsp3) is 0.615. The van der Waals surface area contributed by atoms with Gasteiger partial charge in [-0.25, -0.2) is 9.48 Å². The number of aryl methyl sites for hydroxylation is 2. The van der Waals surface area contributed by atoms with Crippen LogP contribution in [0.4, 0.5) is 5.82 Å². The van der Waals surface area contributed by atoms with Crippen molar-refractivity contribution in [2.24, 2.45) is 0 Å². The van der Waals surface area contributed by atoms with Crippen LogP contribution >= 0.6 is 11.6 Å². The summed E-state index contributed by atoms with van der Waals surface area (Å²) >= 11 is 5.71. The maximum absolute atomic E-state index is 12.5. The van der Waals surface area contributed by atoms with Crippen molar-refractivity contribution in [2.45, 2.75) is 46.3 Å². The summed E-state index contributed by atoms with van der Waals surface area (Å²) in [6, 6.07) is 0. The van der Waals surface area contributed by atoms with Crippen LogP contribution in [0.5, 0.6) is 0 Å². The summed E-state index contributed by atoms with van der Waals surface area (Å²) < 4.78 is 4.21. The van der Waals surface area contributed by atoms with Gasteiger partial charge in [0.1, 0.15) is 11.2 Å². The van der Waals surface area contributed by atoms with Crippen molar-refractivity contribution in [1.29, 1.82) is 0 Å². The summed E-state index contributed by atoms with van der Waals surface area (Å²) in [5.74, 6) is 0.599. The van der Waals surface area contributed by atoms with Crippen molar-refractivity contribution in [1.82, 2.24) is 18.9 Å². The van der Waals surface area contributed by atoms with Gasteiger partial charge in [0.05, 0.1) is 6.54 Å². The zero-order chi connectivity index (χ0) is 15.6. The summed E-state index contributed by atoms with van der Waals surface area (Å²) in [6.07, 6.45) is 1.66. The van der Waals surface area contributed by atoms with Crippen LogP contribution in [0.1, 0.15) is 26.7 Å². The number of hydrogen-bond acceptors (Lipinski definition) is 4. The zero-order valence-electron chi connectivity index (χ0n) is 12.3. The average Bonchev–Trinajstić information content (AvgIpc) is 2.77. The molecular weight excluding hydrogens is 294 g/mol. The minimum Gasteiger partial charge on any atom is -0.383 e. The van der Waals surface area contributed by atoms with Gasteiger partial charge in [0.2, 0.25) is 0 Å². The number of anilines is 1. The Hall–Kier alpha value is -1.76. The maximum atomic E-state index is 12.5. The second kappa shape index (κ2) is 6.34. The second-order valence-electron chi connectivity index (χ2n) is 4.83. The Balaban J connectivity index is 2.81. The van der Waals surface area contributed by atoms with E-state index in [-0.39, 0.29) is 17.1 Å². The molecule has 8 heteroatoms. The largest absolute Gasteiger partial charge is 0.383 e. The molecule has 0 spiro atoms. The first kappa shape index (κ1) is 15.6. The van der Waals surface area contributed by atoms with Crippen molar-refractivity contribution in [3.05, 3.63) is 20.8 Å². The lowest BCUT2D eigenvalue weighted by Gasteiger charge is -2.08. The van der Waals surface area contributed by atoms with Crippen molar-refractivity contribution in [2.75, 3.05) is 11.6 Å². The lowest BCUT2D eigenvalue weighted by atomic mass is 10.3. The SMILES string of the molecule is CCCCn1c(=O)c2c(N)n(CCCl)nc2n(CC)c1=O. The Bertz CT molecular complexity index is 758. The Morgan fingerprint density at radius 2 is 1.90 bits per heavy atom. The highest BCUT2D eigenvalue weighted by Gasteiger charge is 2.19. The van der Waals surface area contributed by atoms with Crippen LogP contribution in [0.2, 0.25) is 0 Å². The molecule has 0 atom stereocenters. The smallest absolute Gasteiger partial charge is 0.332 e. The van der Waals surface area contributed by atoms with Crippen molar-refractivity contribution in [3.63, 3.8) is 0 Å². The lowest BCUT2D eigenvalue weighted by molar-refractivity contribution is 0.550. The van der Waals surface area contributed by atoms with Crippen LogP contribution in [0.3, 0.4) is 0 Å². The van der Waals surface area contributed by atoms with Gasteiger partial charge in [0.15, 0.2) is 5.65 Å². The molecule has 2 aromatic heterocycles. The number of aromatic nitrogens is 4. The third-order valence-electron chi connectivity index (χ3n) is 3.50. The van der Waals surface area contributed by atoms with Gasteiger partial charge in [0.25, 0.3) is 5.56 Å². The Morgan fingerprint density at radius 3 is 2.48 bits per heavy atom. The number of fused-ring (bicyclic) bond motifs is 1. The maximum Gasteiger partial charge on any atom is 0.332 e. The number of nitrogens with zero attached hydrogens (tertiary/aromatic N) is 4. The molecular formula is C13H20ClN5O2. The summed E-state index contributed by atoms with van der Waals surface area (Å²) in [7, 11) is 0. The fourth-order valence-electron chi connectivity index (χ4n) is 2.36. The molecule has 0 aromatic carbocycles. The monoisotopic (exact) mass is 313 g/mol. The Morgan fingerprint density at radius 1 is 1.19 bits per heavy atom. The number of nitrogen functional groups attached to an aromatic ring is 1. The van der Waals surface area contributed by atoms with Gasteiger partial charge in [-0.2, -0.15) is 5.10 Å². The van der Waals surface area contributed by atoms with Crippen LogP contribution in [-0.4, -0.2) is 24.8 Å². The molecule has 116 valence electrons. The Kier molecular flexibility index (Phi) is 4.72. The molecule has 0 amide bonds. The first-order chi connectivity index (χ1) is 10.1. The average molecular weight is 314 g/mol. The molecule has 2 N–H and O–H groups in total. The van der Waals surface area contributed by atoms with E-state index in [0.29, 0.717) is 36.5 Å². The molecule has 0 saturated heterocycles. The van der Waals surface area contributed by atoms with Gasteiger partial charge in [-0.15, -0.1) is 11.6 Å². The van der Waals surface area contributed by atoms with Crippen LogP contribution in [0.25, 0.3) is 11.0 Å². The molecule has 0 radical (unpaired) electrons. The van der Waals surface area contributed by atoms with Gasteiger partial charge in [-0.1, -0.05) is 13.3 Å². The predicted molar refractivity (Wildman–Crippen MR) is 84.0 cm³/mol. The molecule has 0 aliphatic carbocycles. The normalized spacial score (nSPS) is 11.4. The molecule has 0 aliphatic rings. The van der Waals surface area contributed by atoms with Gasteiger partial charge in [-0.3, -0.25) is 13.9 Å². The number of nitrogens with two attached hydrogens (primary N) is 1. The van der Waals surface area contributed by atoms with E-state index in [4.69, 9.17) is 17.3 Å². The van der Waals surface area contributed by atoms with Crippen LogP contribution in [0, 0.1) is 0 Å². The van der Waals surface area contributed by atoms with Crippen LogP contribution < -0.4 is 17.0 Å². The number of rotatable bonds is 6. The van der Waals surface area contributed by atoms with E-state index in [1.165, 1.54) is 13.8 Å². The topological polar surface area (TPSA) is 87.8 Å². The predicted octanol–water partition coefficient (Wildman–Crippen LogP) is 1.00. The molecule has 2 aromatic rings. The molecule has 0 unspecified atom stereocenters. The molecule has 7 nitrogen and oxygen atoms in total. The number of hydrogen-bond donors (Lipinski definition) is 1. The molecule has 0 fully saturated rings. The first-order valence-corrected chi connectivity index (χ1v) is 7.65. The summed E-state index contributed by atoms with van der Waals surface area (Å²) in [4.78, 5) is 25.0. The lowest BCUT2D eigenvalue weighted by Crippen LogP contribution is -2.39. The van der Waals surface area contributed by atoms with Gasteiger partial charge in [0, 0.05) is 19.0 Å². The minimum atomic E-state index is -0.369. The van der Waals surface area contributed by atoms with E-state index < -0.39 is 0 Å². The first-order valence-electron chi connectivity index (χ1n) is 7.12. The summed E-state index contributed by atoms with van der Waals surface area (Å²) in [5, 5.41) is 4.58. The Labute approximate surface area is 126 Å². The quantitative estimate of drug-likeness (QED) is 0.806. The highest BCUT2D eigenvalue weighted by molar-refractivity contribution is 6.17. The second-order valence-corrected chi connectivity index (χ2v) is 5.21. The standard InChI is InChI=1S/C13H20ClN5O2/c1-3-5-7-18-12(20)9-10(15)19(8-6-14)16-11(9)17(4-2)13(18)21/h3-8,15H2,1-2H3. The van der Waals surface area contributed by atoms with Gasteiger partial charge in [-0.05, 0) is 13.3 Å². The van der Waals surface area contributed by atoms with Gasteiger partial charge < -0.3 is 5.73 Å². The number of unbranched alkanes of at least 4 members (excludes halogenated alkanes) is 1. The van der Waals surface area contributed by atoms with Crippen LogP contribution in [0.15, 0.2) is 9.59 Å². The van der Waals surface area contributed by atoms with Crippen molar-refractivity contribution >= 4 is 28.5 Å². The van der Waals surface area contributed by atoms with E-state index in [9.17, 15) is 9.59 Å².